The zero-order valence-corrected chi connectivity index (χ0v) is 27.6. The zero-order valence-electron chi connectivity index (χ0n) is 27.6. The number of aromatic hydroxyl groups is 1. The van der Waals surface area contributed by atoms with E-state index >= 15 is 0 Å². The second-order valence-electron chi connectivity index (χ2n) is 13.1. The van der Waals surface area contributed by atoms with Gasteiger partial charge in [-0.05, 0) is 80.8 Å². The fourth-order valence-corrected chi connectivity index (χ4v) is 5.25. The molecule has 0 aliphatic carbocycles. The Kier molecular flexibility index (Phi) is 9.61. The summed E-state index contributed by atoms with van der Waals surface area (Å²) in [6, 6.07) is 28.3. The van der Waals surface area contributed by atoms with Crippen LogP contribution in [0.25, 0.3) is 32.7 Å². The average molecular weight is 637 g/mol. The normalized spacial score (nSPS) is 11.7. The van der Waals surface area contributed by atoms with Crippen molar-refractivity contribution in [2.75, 3.05) is 13.2 Å². The van der Waals surface area contributed by atoms with Gasteiger partial charge in [0.1, 0.15) is 17.8 Å². The maximum atomic E-state index is 13.0. The molecule has 0 amide bonds. The van der Waals surface area contributed by atoms with Crippen LogP contribution >= 0.6 is 0 Å². The van der Waals surface area contributed by atoms with Crippen LogP contribution in [-0.4, -0.2) is 41.5 Å². The number of carbonyl (C=O) groups is 2. The number of phenols is 1. The molecule has 0 spiro atoms. The molecule has 0 aromatic heterocycles. The highest BCUT2D eigenvalue weighted by molar-refractivity contribution is 6.11. The van der Waals surface area contributed by atoms with Gasteiger partial charge >= 0.3 is 11.9 Å². The number of esters is 2. The summed E-state index contributed by atoms with van der Waals surface area (Å²) in [7, 11) is 0. The molecule has 0 bridgehead atoms. The summed E-state index contributed by atoms with van der Waals surface area (Å²) in [5.74, 6) is -0.655. The lowest BCUT2D eigenvalue weighted by Crippen LogP contribution is -2.27. The summed E-state index contributed by atoms with van der Waals surface area (Å²) in [6.07, 6.45) is 0. The summed E-state index contributed by atoms with van der Waals surface area (Å²) in [5, 5.41) is 14.4. The summed E-state index contributed by atoms with van der Waals surface area (Å²) in [5.41, 5.74) is 0.469. The van der Waals surface area contributed by atoms with Crippen LogP contribution in [0.5, 0.6) is 23.0 Å². The highest BCUT2D eigenvalue weighted by atomic mass is 16.6. The minimum atomic E-state index is -0.724. The number of fused-ring (bicyclic) bond motifs is 2. The van der Waals surface area contributed by atoms with Gasteiger partial charge in [-0.15, -0.1) is 0 Å². The van der Waals surface area contributed by atoms with E-state index in [1.807, 2.05) is 84.9 Å². The van der Waals surface area contributed by atoms with E-state index < -0.39 is 36.4 Å². The highest BCUT2D eigenvalue weighted by Gasteiger charge is 2.27. The Morgan fingerprint density at radius 3 is 1.62 bits per heavy atom. The predicted molar refractivity (Wildman–Crippen MR) is 182 cm³/mol. The first-order valence-electron chi connectivity index (χ1n) is 15.5. The zero-order chi connectivity index (χ0) is 33.8. The van der Waals surface area contributed by atoms with Gasteiger partial charge in [-0.3, -0.25) is 0 Å². The van der Waals surface area contributed by atoms with Gasteiger partial charge in [0, 0.05) is 11.1 Å². The van der Waals surface area contributed by atoms with Crippen LogP contribution in [0.4, 0.5) is 0 Å². The highest BCUT2D eigenvalue weighted by Crippen LogP contribution is 2.52. The van der Waals surface area contributed by atoms with E-state index in [0.717, 1.165) is 27.1 Å². The van der Waals surface area contributed by atoms with E-state index in [9.17, 15) is 14.7 Å². The van der Waals surface area contributed by atoms with Crippen LogP contribution < -0.4 is 14.2 Å². The monoisotopic (exact) mass is 636 g/mol. The first kappa shape index (κ1) is 33.1. The Balaban J connectivity index is 1.74. The SMILES string of the molecule is CC(C)(C)OC(=O)COc1c(O)cc2ccccc2c1-c1c(OCC(=O)OC(C)(C)C)c(OCc2ccccc2)cc2ccccc12. The quantitative estimate of drug-likeness (QED) is 0.153. The minimum Gasteiger partial charge on any atom is -0.504 e. The first-order chi connectivity index (χ1) is 22.3. The molecule has 5 aromatic carbocycles. The number of hydrogen-bond donors (Lipinski definition) is 1. The summed E-state index contributed by atoms with van der Waals surface area (Å²) >= 11 is 0. The Bertz CT molecular complexity index is 1900. The number of carbonyl (C=O) groups excluding carboxylic acids is 2. The van der Waals surface area contributed by atoms with E-state index in [-0.39, 0.29) is 23.9 Å². The number of rotatable bonds is 10. The lowest BCUT2D eigenvalue weighted by molar-refractivity contribution is -0.158. The third-order valence-corrected chi connectivity index (χ3v) is 6.95. The van der Waals surface area contributed by atoms with E-state index in [1.54, 1.807) is 47.6 Å². The Labute approximate surface area is 274 Å². The number of hydrogen-bond acceptors (Lipinski definition) is 8. The first-order valence-corrected chi connectivity index (χ1v) is 15.5. The van der Waals surface area contributed by atoms with E-state index in [2.05, 4.69) is 0 Å². The van der Waals surface area contributed by atoms with Crippen molar-refractivity contribution in [1.29, 1.82) is 0 Å². The molecule has 0 saturated carbocycles. The van der Waals surface area contributed by atoms with Gasteiger partial charge in [0.25, 0.3) is 0 Å². The maximum absolute atomic E-state index is 13.0. The molecule has 8 heteroatoms. The topological polar surface area (TPSA) is 101 Å². The van der Waals surface area contributed by atoms with Gasteiger partial charge < -0.3 is 28.8 Å². The lowest BCUT2D eigenvalue weighted by Gasteiger charge is -2.24. The summed E-state index contributed by atoms with van der Waals surface area (Å²) in [6.45, 7) is 10.0. The van der Waals surface area contributed by atoms with Crippen LogP contribution in [0.15, 0.2) is 91.0 Å². The fourth-order valence-electron chi connectivity index (χ4n) is 5.25. The van der Waals surface area contributed by atoms with Crippen molar-refractivity contribution in [2.24, 2.45) is 0 Å². The summed E-state index contributed by atoms with van der Waals surface area (Å²) in [4.78, 5) is 25.7. The maximum Gasteiger partial charge on any atom is 0.344 e. The van der Waals surface area contributed by atoms with Gasteiger partial charge in [0.2, 0.25) is 0 Å². The average Bonchev–Trinajstić information content (AvgIpc) is 3.00. The second kappa shape index (κ2) is 13.6. The molecule has 5 rings (SSSR count). The Morgan fingerprint density at radius 1 is 0.596 bits per heavy atom. The molecule has 47 heavy (non-hydrogen) atoms. The Morgan fingerprint density at radius 2 is 1.06 bits per heavy atom. The number of ether oxygens (including phenoxy) is 5. The summed E-state index contributed by atoms with van der Waals surface area (Å²) < 4.78 is 29.9. The van der Waals surface area contributed by atoms with Gasteiger partial charge in [-0.1, -0.05) is 78.9 Å². The molecule has 0 saturated heterocycles. The molecule has 0 heterocycles. The van der Waals surface area contributed by atoms with Crippen molar-refractivity contribution in [1.82, 2.24) is 0 Å². The largest absolute Gasteiger partial charge is 0.504 e. The van der Waals surface area contributed by atoms with Gasteiger partial charge in [-0.25, -0.2) is 9.59 Å². The molecule has 244 valence electrons. The minimum absolute atomic E-state index is 0.0574. The van der Waals surface area contributed by atoms with Gasteiger partial charge in [0.15, 0.2) is 36.2 Å². The molecular formula is C39H40O8. The van der Waals surface area contributed by atoms with Crippen LogP contribution in [0.1, 0.15) is 47.1 Å². The van der Waals surface area contributed by atoms with Gasteiger partial charge in [-0.2, -0.15) is 0 Å². The van der Waals surface area contributed by atoms with Crippen LogP contribution in [0.3, 0.4) is 0 Å². The molecule has 0 fully saturated rings. The van der Waals surface area contributed by atoms with Crippen molar-refractivity contribution in [3.8, 4) is 34.1 Å². The second-order valence-corrected chi connectivity index (χ2v) is 13.1. The molecule has 0 radical (unpaired) electrons. The van der Waals surface area contributed by atoms with Crippen molar-refractivity contribution in [3.05, 3.63) is 96.6 Å². The molecule has 0 unspecified atom stereocenters. The molecular weight excluding hydrogens is 596 g/mol. The molecule has 0 atom stereocenters. The molecule has 1 N–H and O–H groups in total. The van der Waals surface area contributed by atoms with Crippen LogP contribution in [0, 0.1) is 0 Å². The fraction of sp³-hybridized carbons (Fsp3) is 0.282. The molecule has 5 aromatic rings. The van der Waals surface area contributed by atoms with Crippen molar-refractivity contribution in [2.45, 2.75) is 59.4 Å². The van der Waals surface area contributed by atoms with E-state index in [0.29, 0.717) is 16.9 Å². The lowest BCUT2D eigenvalue weighted by atomic mass is 9.91. The predicted octanol–water partition coefficient (Wildman–Crippen LogP) is 8.39. The standard InChI is InChI=1S/C39H40O8/c1-38(2,3)46-32(41)23-44-36-30(40)20-26-16-10-12-18-28(26)34(36)35-29-19-13-11-17-27(29)21-31(43-22-25-14-8-7-9-15-25)37(35)45-24-33(42)47-39(4,5)6/h7-21,40H,22-24H2,1-6H3. The Hall–Kier alpha value is -5.24. The van der Waals surface area contributed by atoms with E-state index in [4.69, 9.17) is 23.7 Å². The third kappa shape index (κ3) is 8.33. The van der Waals surface area contributed by atoms with Crippen molar-refractivity contribution >= 4 is 33.5 Å². The van der Waals surface area contributed by atoms with E-state index in [1.165, 1.54) is 0 Å². The molecule has 0 aliphatic rings. The van der Waals surface area contributed by atoms with Crippen LogP contribution in [0.2, 0.25) is 0 Å². The van der Waals surface area contributed by atoms with Crippen molar-refractivity contribution < 1.29 is 38.4 Å². The molecule has 0 aliphatic heterocycles. The smallest absolute Gasteiger partial charge is 0.344 e. The molecule has 8 nitrogen and oxygen atoms in total. The third-order valence-electron chi connectivity index (χ3n) is 6.95. The van der Waals surface area contributed by atoms with Gasteiger partial charge in [0.05, 0.1) is 0 Å². The number of phenolic OH excluding ortho intramolecular Hbond substituents is 1. The van der Waals surface area contributed by atoms with Crippen LogP contribution in [-0.2, 0) is 25.7 Å². The number of benzene rings is 5. The van der Waals surface area contributed by atoms with Crippen molar-refractivity contribution in [3.63, 3.8) is 0 Å².